The third-order valence-corrected chi connectivity index (χ3v) is 6.83. The van der Waals surface area contributed by atoms with Gasteiger partial charge in [-0.05, 0) is 37.7 Å². The molecule has 0 aromatic heterocycles. The third kappa shape index (κ3) is 4.57. The number of rotatable bonds is 5. The highest BCUT2D eigenvalue weighted by molar-refractivity contribution is 5.96. The van der Waals surface area contributed by atoms with Crippen LogP contribution in [0.1, 0.15) is 50.5 Å². The van der Waals surface area contributed by atoms with Crippen molar-refractivity contribution in [2.75, 3.05) is 13.1 Å². The molecule has 2 aliphatic heterocycles. The number of carbonyl (C=O) groups excluding carboxylic acids is 2. The molecule has 2 heterocycles. The number of nitrogens with one attached hydrogen (secondary N) is 2. The van der Waals surface area contributed by atoms with E-state index >= 15 is 0 Å². The van der Waals surface area contributed by atoms with Gasteiger partial charge in [0.2, 0.25) is 5.91 Å². The van der Waals surface area contributed by atoms with Crippen LogP contribution in [0, 0.1) is 0 Å². The lowest BCUT2D eigenvalue weighted by Gasteiger charge is -2.54. The number of benzene rings is 1. The predicted molar refractivity (Wildman–Crippen MR) is 109 cm³/mol. The number of amides is 2. The van der Waals surface area contributed by atoms with E-state index in [0.29, 0.717) is 11.3 Å². The van der Waals surface area contributed by atoms with Gasteiger partial charge in [0.05, 0.1) is 0 Å². The molecule has 0 radical (unpaired) electrons. The quantitative estimate of drug-likeness (QED) is 0.694. The number of hydrazine groups is 1. The molecule has 1 aliphatic carbocycles. The first-order valence-corrected chi connectivity index (χ1v) is 11.1. The molecule has 3 aliphatic rings. The zero-order valence-corrected chi connectivity index (χ0v) is 17.5. The molecule has 0 unspecified atom stereocenters. The molecule has 1 aromatic rings. The van der Waals surface area contributed by atoms with Crippen LogP contribution in [0.3, 0.4) is 0 Å². The average Bonchev–Trinajstić information content (AvgIpc) is 2.77. The maximum atomic E-state index is 13.3. The van der Waals surface area contributed by atoms with E-state index in [0.717, 1.165) is 37.7 Å². The molecule has 31 heavy (non-hydrogen) atoms. The van der Waals surface area contributed by atoms with Gasteiger partial charge in [-0.15, -0.1) is 0 Å². The highest BCUT2D eigenvalue weighted by Crippen LogP contribution is 2.36. The molecule has 1 atom stereocenters. The number of piperidine rings is 1. The number of carbonyl (C=O) groups is 2. The first kappa shape index (κ1) is 22.1. The Hall–Kier alpha value is -2.13. The van der Waals surface area contributed by atoms with Crippen molar-refractivity contribution >= 4 is 11.8 Å². The summed E-state index contributed by atoms with van der Waals surface area (Å²) < 4.78 is 39.5. The fourth-order valence-corrected chi connectivity index (χ4v) is 4.93. The van der Waals surface area contributed by atoms with Crippen LogP contribution >= 0.6 is 0 Å². The summed E-state index contributed by atoms with van der Waals surface area (Å²) in [7, 11) is 0. The first-order chi connectivity index (χ1) is 14.8. The molecule has 6 nitrogen and oxygen atoms in total. The molecule has 1 aromatic carbocycles. The van der Waals surface area contributed by atoms with E-state index in [1.165, 1.54) is 5.01 Å². The maximum Gasteiger partial charge on any atom is 0.459 e. The van der Waals surface area contributed by atoms with Gasteiger partial charge in [0.1, 0.15) is 11.6 Å². The second-order valence-corrected chi connectivity index (χ2v) is 8.84. The number of hydrogen-bond donors (Lipinski definition) is 2. The Morgan fingerprint density at radius 2 is 1.74 bits per heavy atom. The van der Waals surface area contributed by atoms with Crippen LogP contribution in [0.2, 0.25) is 0 Å². The number of hydrogen-bond acceptors (Lipinski definition) is 4. The summed E-state index contributed by atoms with van der Waals surface area (Å²) >= 11 is 0. The Kier molecular flexibility index (Phi) is 6.25. The van der Waals surface area contributed by atoms with Crippen molar-refractivity contribution in [3.63, 3.8) is 0 Å². The fourth-order valence-electron chi connectivity index (χ4n) is 4.93. The van der Waals surface area contributed by atoms with Crippen molar-refractivity contribution in [3.8, 4) is 0 Å². The van der Waals surface area contributed by atoms with Gasteiger partial charge in [0, 0.05) is 19.1 Å². The lowest BCUT2D eigenvalue weighted by molar-refractivity contribution is -0.256. The Morgan fingerprint density at radius 1 is 1.10 bits per heavy atom. The maximum absolute atomic E-state index is 13.3. The van der Waals surface area contributed by atoms with E-state index in [4.69, 9.17) is 0 Å². The Labute approximate surface area is 180 Å². The van der Waals surface area contributed by atoms with Crippen LogP contribution in [-0.4, -0.2) is 58.7 Å². The minimum atomic E-state index is -4.44. The van der Waals surface area contributed by atoms with Crippen molar-refractivity contribution in [1.82, 2.24) is 20.7 Å². The van der Waals surface area contributed by atoms with E-state index in [-0.39, 0.29) is 43.8 Å². The zero-order valence-electron chi connectivity index (χ0n) is 17.5. The van der Waals surface area contributed by atoms with Gasteiger partial charge in [-0.3, -0.25) is 14.6 Å². The Morgan fingerprint density at radius 3 is 2.32 bits per heavy atom. The second kappa shape index (κ2) is 8.78. The topological polar surface area (TPSA) is 64.7 Å². The van der Waals surface area contributed by atoms with Gasteiger partial charge in [-0.25, -0.2) is 10.3 Å². The highest BCUT2D eigenvalue weighted by Gasteiger charge is 2.57. The van der Waals surface area contributed by atoms with Gasteiger partial charge >= 0.3 is 6.30 Å². The molecular formula is C22H29F3N4O2. The van der Waals surface area contributed by atoms with Gasteiger partial charge in [0.25, 0.3) is 5.91 Å². The van der Waals surface area contributed by atoms with Crippen molar-refractivity contribution < 1.29 is 22.8 Å². The van der Waals surface area contributed by atoms with E-state index in [1.807, 2.05) is 30.3 Å². The number of halogens is 3. The largest absolute Gasteiger partial charge is 0.459 e. The van der Waals surface area contributed by atoms with Crippen LogP contribution in [0.4, 0.5) is 13.2 Å². The molecule has 0 bridgehead atoms. The summed E-state index contributed by atoms with van der Waals surface area (Å²) in [6.45, 7) is -0.618. The van der Waals surface area contributed by atoms with Gasteiger partial charge < -0.3 is 5.32 Å². The lowest BCUT2D eigenvalue weighted by atomic mass is 9.82. The molecule has 9 heteroatoms. The summed E-state index contributed by atoms with van der Waals surface area (Å²) in [5.74, 6) is -0.566. The molecule has 2 amide bonds. The molecule has 170 valence electrons. The second-order valence-electron chi connectivity index (χ2n) is 8.84. The molecule has 0 spiro atoms. The van der Waals surface area contributed by atoms with E-state index in [9.17, 15) is 22.8 Å². The first-order valence-electron chi connectivity index (χ1n) is 11.1. The number of nitrogens with zero attached hydrogens (tertiary/aromatic N) is 2. The molecule has 4 rings (SSSR count). The highest BCUT2D eigenvalue weighted by atomic mass is 19.4. The predicted octanol–water partition coefficient (Wildman–Crippen LogP) is 2.75. The Bertz CT molecular complexity index is 788. The summed E-state index contributed by atoms with van der Waals surface area (Å²) in [5.41, 5.74) is 2.78. The average molecular weight is 438 g/mol. The smallest absolute Gasteiger partial charge is 0.351 e. The van der Waals surface area contributed by atoms with Gasteiger partial charge in [0.15, 0.2) is 0 Å². The van der Waals surface area contributed by atoms with Crippen LogP contribution in [-0.2, 0) is 16.0 Å². The Balaban J connectivity index is 1.48. The van der Waals surface area contributed by atoms with Gasteiger partial charge in [-0.2, -0.15) is 13.2 Å². The molecular weight excluding hydrogens is 409 g/mol. The lowest BCUT2D eigenvalue weighted by Crippen LogP contribution is -2.79. The SMILES string of the molecule is O=C1[C@@H](Cc2ccccc2)NN1C1(C(=O)NC2CCCCC2)CCN(C(F)(F)F)CC1. The number of alkyl halides is 3. The normalized spacial score (nSPS) is 25.2. The van der Waals surface area contributed by atoms with Crippen molar-refractivity contribution in [2.24, 2.45) is 0 Å². The van der Waals surface area contributed by atoms with Crippen molar-refractivity contribution in [1.29, 1.82) is 0 Å². The standard InChI is InChI=1S/C22H29F3N4O2/c23-22(24,25)28-13-11-21(12-14-28,20(31)26-17-9-5-2-6-10-17)29-19(30)18(27-29)15-16-7-3-1-4-8-16/h1,3-4,7-8,17-18,27H,2,5-6,9-15H2,(H,26,31)/t18-/m1/s1. The summed E-state index contributed by atoms with van der Waals surface area (Å²) in [4.78, 5) is 26.8. The minimum Gasteiger partial charge on any atom is -0.351 e. The van der Waals surface area contributed by atoms with Crippen molar-refractivity contribution in [3.05, 3.63) is 35.9 Å². The minimum absolute atomic E-state index is 0.0234. The van der Waals surface area contributed by atoms with E-state index in [1.54, 1.807) is 0 Å². The van der Waals surface area contributed by atoms with Crippen LogP contribution in [0.25, 0.3) is 0 Å². The van der Waals surface area contributed by atoms with E-state index in [2.05, 4.69) is 10.7 Å². The van der Waals surface area contributed by atoms with Crippen molar-refractivity contribution in [2.45, 2.75) is 75.3 Å². The van der Waals surface area contributed by atoms with E-state index < -0.39 is 17.9 Å². The summed E-state index contributed by atoms with van der Waals surface area (Å²) in [6, 6.07) is 9.07. The molecule has 2 N–H and O–H groups in total. The van der Waals surface area contributed by atoms with Crippen LogP contribution in [0.15, 0.2) is 30.3 Å². The monoisotopic (exact) mass is 438 g/mol. The fraction of sp³-hybridized carbons (Fsp3) is 0.636. The number of likely N-dealkylation sites (tertiary alicyclic amines) is 1. The molecule has 3 fully saturated rings. The summed E-state index contributed by atoms with van der Waals surface area (Å²) in [5, 5.41) is 4.36. The van der Waals surface area contributed by atoms with Crippen LogP contribution in [0.5, 0.6) is 0 Å². The van der Waals surface area contributed by atoms with Crippen LogP contribution < -0.4 is 10.7 Å². The van der Waals surface area contributed by atoms with Gasteiger partial charge in [-0.1, -0.05) is 49.6 Å². The molecule has 2 saturated heterocycles. The zero-order chi connectivity index (χ0) is 22.1. The molecule has 1 saturated carbocycles. The third-order valence-electron chi connectivity index (χ3n) is 6.83. The summed E-state index contributed by atoms with van der Waals surface area (Å²) in [6.07, 6.45) is 0.858.